The van der Waals surface area contributed by atoms with Gasteiger partial charge in [0.2, 0.25) is 0 Å². The molecule has 30 heavy (non-hydrogen) atoms. The molecule has 0 aliphatic heterocycles. The van der Waals surface area contributed by atoms with E-state index in [1.165, 1.54) is 12.1 Å². The third kappa shape index (κ3) is 4.99. The van der Waals surface area contributed by atoms with Crippen LogP contribution in [0.25, 0.3) is 0 Å². The molecule has 3 aromatic carbocycles. The number of aryl methyl sites for hydroxylation is 2. The summed E-state index contributed by atoms with van der Waals surface area (Å²) in [7, 11) is -2.25. The Bertz CT molecular complexity index is 1170. The molecule has 0 atom stereocenters. The normalized spacial score (nSPS) is 11.0. The molecule has 0 fully saturated rings. The summed E-state index contributed by atoms with van der Waals surface area (Å²) >= 11 is 0. The zero-order valence-electron chi connectivity index (χ0n) is 17.1. The number of rotatable bonds is 7. The van der Waals surface area contributed by atoms with Crippen molar-refractivity contribution in [2.45, 2.75) is 25.3 Å². The Morgan fingerprint density at radius 1 is 0.933 bits per heavy atom. The molecule has 2 N–H and O–H groups in total. The molecule has 6 nitrogen and oxygen atoms in total. The molecule has 0 bridgehead atoms. The third-order valence-corrected chi connectivity index (χ3v) is 6.10. The zero-order chi connectivity index (χ0) is 21.7. The Kier molecular flexibility index (Phi) is 6.42. The molecule has 1 amide bonds. The van der Waals surface area contributed by atoms with E-state index in [0.29, 0.717) is 29.1 Å². The van der Waals surface area contributed by atoms with Gasteiger partial charge in [-0.15, -0.1) is 0 Å². The van der Waals surface area contributed by atoms with E-state index in [1.807, 2.05) is 43.3 Å². The van der Waals surface area contributed by atoms with Crippen LogP contribution in [-0.2, 0) is 16.6 Å². The highest BCUT2D eigenvalue weighted by atomic mass is 32.2. The van der Waals surface area contributed by atoms with Crippen LogP contribution in [0.5, 0.6) is 5.75 Å². The molecule has 3 aromatic rings. The summed E-state index contributed by atoms with van der Waals surface area (Å²) < 4.78 is 33.4. The summed E-state index contributed by atoms with van der Waals surface area (Å²) in [5.41, 5.74) is 3.19. The second-order valence-corrected chi connectivity index (χ2v) is 8.61. The van der Waals surface area contributed by atoms with Crippen molar-refractivity contribution >= 4 is 21.6 Å². The van der Waals surface area contributed by atoms with Gasteiger partial charge in [-0.3, -0.25) is 9.52 Å². The van der Waals surface area contributed by atoms with Crippen LogP contribution < -0.4 is 14.8 Å². The van der Waals surface area contributed by atoms with Gasteiger partial charge in [0.15, 0.2) is 0 Å². The number of anilines is 1. The second kappa shape index (κ2) is 9.00. The summed E-state index contributed by atoms with van der Waals surface area (Å²) in [6.45, 7) is 3.89. The van der Waals surface area contributed by atoms with Gasteiger partial charge in [0.25, 0.3) is 15.9 Å². The molecule has 0 aliphatic rings. The van der Waals surface area contributed by atoms with E-state index in [-0.39, 0.29) is 10.8 Å². The van der Waals surface area contributed by atoms with E-state index >= 15 is 0 Å². The van der Waals surface area contributed by atoms with Crippen molar-refractivity contribution in [3.63, 3.8) is 0 Å². The number of methoxy groups -OCH3 is 1. The van der Waals surface area contributed by atoms with E-state index in [9.17, 15) is 13.2 Å². The van der Waals surface area contributed by atoms with Gasteiger partial charge in [0.1, 0.15) is 5.75 Å². The number of sulfonamides is 1. The van der Waals surface area contributed by atoms with Gasteiger partial charge in [0.05, 0.1) is 17.7 Å². The van der Waals surface area contributed by atoms with Crippen molar-refractivity contribution < 1.29 is 17.9 Å². The molecule has 0 saturated carbocycles. The van der Waals surface area contributed by atoms with Crippen molar-refractivity contribution in [3.8, 4) is 5.75 Å². The summed E-state index contributed by atoms with van der Waals surface area (Å²) in [6, 6.07) is 19.0. The Morgan fingerprint density at radius 2 is 1.70 bits per heavy atom. The lowest BCUT2D eigenvalue weighted by Gasteiger charge is -2.13. The number of carbonyl (C=O) groups excluding carboxylic acids is 1. The number of carbonyl (C=O) groups is 1. The molecule has 0 heterocycles. The summed E-state index contributed by atoms with van der Waals surface area (Å²) in [5, 5.41) is 2.84. The molecule has 0 unspecified atom stereocenters. The highest BCUT2D eigenvalue weighted by Gasteiger charge is 2.19. The Balaban J connectivity index is 1.80. The molecular weight excluding hydrogens is 400 g/mol. The lowest BCUT2D eigenvalue weighted by molar-refractivity contribution is 0.0950. The number of amides is 1. The van der Waals surface area contributed by atoms with Crippen LogP contribution in [0.1, 0.15) is 27.0 Å². The highest BCUT2D eigenvalue weighted by molar-refractivity contribution is 7.92. The van der Waals surface area contributed by atoms with Gasteiger partial charge in [-0.1, -0.05) is 36.4 Å². The standard InChI is InChI=1S/C23H24N2O4S/c1-16-11-12-20(30(27,28)25-22-10-5-4-7-17(22)2)14-21(16)23(26)24-15-18-8-6-9-19(13-18)29-3/h4-14,25H,15H2,1-3H3,(H,24,26). The van der Waals surface area contributed by atoms with Crippen molar-refractivity contribution in [3.05, 3.63) is 89.0 Å². The first kappa shape index (κ1) is 21.4. The lowest BCUT2D eigenvalue weighted by atomic mass is 10.1. The molecule has 7 heteroatoms. The molecule has 0 radical (unpaired) electrons. The summed E-state index contributed by atoms with van der Waals surface area (Å²) in [6.07, 6.45) is 0. The third-order valence-electron chi connectivity index (χ3n) is 4.74. The topological polar surface area (TPSA) is 84.5 Å². The van der Waals surface area contributed by atoms with Crippen molar-refractivity contribution in [1.82, 2.24) is 5.32 Å². The maximum Gasteiger partial charge on any atom is 0.261 e. The maximum absolute atomic E-state index is 12.8. The van der Waals surface area contributed by atoms with E-state index in [2.05, 4.69) is 10.0 Å². The monoisotopic (exact) mass is 424 g/mol. The van der Waals surface area contributed by atoms with Crippen molar-refractivity contribution in [2.24, 2.45) is 0 Å². The van der Waals surface area contributed by atoms with Crippen LogP contribution >= 0.6 is 0 Å². The van der Waals surface area contributed by atoms with E-state index < -0.39 is 10.0 Å². The van der Waals surface area contributed by atoms with Crippen LogP contribution in [-0.4, -0.2) is 21.4 Å². The van der Waals surface area contributed by atoms with Gasteiger partial charge < -0.3 is 10.1 Å². The zero-order valence-corrected chi connectivity index (χ0v) is 17.9. The van der Waals surface area contributed by atoms with E-state index in [4.69, 9.17) is 4.74 Å². The minimum Gasteiger partial charge on any atom is -0.497 e. The number of para-hydroxylation sites is 1. The first-order valence-electron chi connectivity index (χ1n) is 9.40. The number of benzene rings is 3. The van der Waals surface area contributed by atoms with Gasteiger partial charge >= 0.3 is 0 Å². The van der Waals surface area contributed by atoms with Gasteiger partial charge in [-0.2, -0.15) is 0 Å². The fourth-order valence-corrected chi connectivity index (χ4v) is 4.12. The first-order valence-corrected chi connectivity index (χ1v) is 10.9. The van der Waals surface area contributed by atoms with Gasteiger partial charge in [-0.25, -0.2) is 8.42 Å². The van der Waals surface area contributed by atoms with Crippen LogP contribution in [0.2, 0.25) is 0 Å². The average Bonchev–Trinajstić information content (AvgIpc) is 2.74. The van der Waals surface area contributed by atoms with Crippen LogP contribution in [0.4, 0.5) is 5.69 Å². The average molecular weight is 425 g/mol. The molecule has 0 aliphatic carbocycles. The molecular formula is C23H24N2O4S. The largest absolute Gasteiger partial charge is 0.497 e. The number of nitrogens with one attached hydrogen (secondary N) is 2. The summed E-state index contributed by atoms with van der Waals surface area (Å²) in [5.74, 6) is 0.358. The SMILES string of the molecule is COc1cccc(CNC(=O)c2cc(S(=O)(=O)Nc3ccccc3C)ccc2C)c1. The summed E-state index contributed by atoms with van der Waals surface area (Å²) in [4.78, 5) is 12.8. The van der Waals surface area contributed by atoms with E-state index in [1.54, 1.807) is 32.2 Å². The van der Waals surface area contributed by atoms with Crippen molar-refractivity contribution in [2.75, 3.05) is 11.8 Å². The van der Waals surface area contributed by atoms with Crippen molar-refractivity contribution in [1.29, 1.82) is 0 Å². The second-order valence-electron chi connectivity index (χ2n) is 6.93. The molecule has 156 valence electrons. The number of hydrogen-bond donors (Lipinski definition) is 2. The predicted octanol–water partition coefficient (Wildman–Crippen LogP) is 4.04. The van der Waals surface area contributed by atoms with E-state index in [0.717, 1.165) is 11.1 Å². The number of ether oxygens (including phenoxy) is 1. The lowest BCUT2D eigenvalue weighted by Crippen LogP contribution is -2.24. The van der Waals surface area contributed by atoms with Crippen LogP contribution in [0.15, 0.2) is 71.6 Å². The van der Waals surface area contributed by atoms with Crippen LogP contribution in [0, 0.1) is 13.8 Å². The van der Waals surface area contributed by atoms with Gasteiger partial charge in [0, 0.05) is 12.1 Å². The molecule has 0 aromatic heterocycles. The predicted molar refractivity (Wildman–Crippen MR) is 117 cm³/mol. The molecule has 0 saturated heterocycles. The van der Waals surface area contributed by atoms with Crippen LogP contribution in [0.3, 0.4) is 0 Å². The fraction of sp³-hybridized carbons (Fsp3) is 0.174. The highest BCUT2D eigenvalue weighted by Crippen LogP contribution is 2.21. The smallest absolute Gasteiger partial charge is 0.261 e. The van der Waals surface area contributed by atoms with Gasteiger partial charge in [-0.05, 0) is 60.9 Å². The Hall–Kier alpha value is -3.32. The number of hydrogen-bond acceptors (Lipinski definition) is 4. The molecule has 0 spiro atoms. The minimum atomic E-state index is -3.83. The minimum absolute atomic E-state index is 0.0304. The molecule has 3 rings (SSSR count). The Morgan fingerprint density at radius 3 is 2.43 bits per heavy atom. The quantitative estimate of drug-likeness (QED) is 0.599. The Labute approximate surface area is 177 Å². The first-order chi connectivity index (χ1) is 14.3. The fourth-order valence-electron chi connectivity index (χ4n) is 2.96. The maximum atomic E-state index is 12.8.